The van der Waals surface area contributed by atoms with Crippen LogP contribution in [-0.2, 0) is 11.3 Å². The molecule has 23 heavy (non-hydrogen) atoms. The van der Waals surface area contributed by atoms with Crippen LogP contribution in [0, 0.1) is 0 Å². The van der Waals surface area contributed by atoms with Crippen LogP contribution in [0.3, 0.4) is 0 Å². The molecule has 1 atom stereocenters. The maximum Gasteiger partial charge on any atom is 0.248 e. The predicted molar refractivity (Wildman–Crippen MR) is 91.4 cm³/mol. The third kappa shape index (κ3) is 5.25. The lowest BCUT2D eigenvalue weighted by Crippen LogP contribution is -2.45. The number of nitrogens with zero attached hydrogens (tertiary/aromatic N) is 1. The number of carbonyl (C=O) groups is 1. The Hall–Kier alpha value is -2.08. The number of nitrogens with two attached hydrogens (primary N) is 1. The Bertz CT molecular complexity index is 548. The van der Waals surface area contributed by atoms with Crippen molar-refractivity contribution in [2.24, 2.45) is 10.7 Å². The zero-order valence-electron chi connectivity index (χ0n) is 13.9. The molecule has 0 aliphatic carbocycles. The summed E-state index contributed by atoms with van der Waals surface area (Å²) in [6, 6.07) is 7.19. The van der Waals surface area contributed by atoms with Gasteiger partial charge >= 0.3 is 0 Å². The van der Waals surface area contributed by atoms with Crippen LogP contribution in [-0.4, -0.2) is 37.2 Å². The Kier molecular flexibility index (Phi) is 5.98. The summed E-state index contributed by atoms with van der Waals surface area (Å²) in [4.78, 5) is 15.6. The number of aliphatic imine (C=N–C) groups is 1. The molecular formula is C17H26N4O2. The summed E-state index contributed by atoms with van der Waals surface area (Å²) < 4.78 is 5.78. The van der Waals surface area contributed by atoms with Crippen LogP contribution in [0.4, 0.5) is 0 Å². The minimum absolute atomic E-state index is 0.112. The Balaban J connectivity index is 1.93. The monoisotopic (exact) mass is 318 g/mol. The topological polar surface area (TPSA) is 88.7 Å². The molecule has 1 aliphatic rings. The molecule has 4 N–H and O–H groups in total. The second-order valence-electron chi connectivity index (χ2n) is 6.01. The van der Waals surface area contributed by atoms with Gasteiger partial charge in [-0.05, 0) is 44.4 Å². The van der Waals surface area contributed by atoms with Crippen molar-refractivity contribution in [3.05, 3.63) is 35.4 Å². The largest absolute Gasteiger partial charge is 0.373 e. The number of primary amides is 1. The van der Waals surface area contributed by atoms with Crippen molar-refractivity contribution < 1.29 is 9.53 Å². The molecule has 0 spiro atoms. The number of guanidine groups is 1. The van der Waals surface area contributed by atoms with Gasteiger partial charge in [0.05, 0.1) is 12.1 Å². The first kappa shape index (κ1) is 17.3. The Morgan fingerprint density at radius 2 is 2.09 bits per heavy atom. The average Bonchev–Trinajstić information content (AvgIpc) is 2.97. The molecule has 1 aromatic carbocycles. The van der Waals surface area contributed by atoms with E-state index in [0.29, 0.717) is 12.1 Å². The van der Waals surface area contributed by atoms with E-state index in [1.165, 1.54) is 0 Å². The number of nitrogens with one attached hydrogen (secondary N) is 2. The lowest BCUT2D eigenvalue weighted by Gasteiger charge is -2.24. The molecule has 1 fully saturated rings. The molecule has 1 saturated heterocycles. The van der Waals surface area contributed by atoms with Crippen LogP contribution >= 0.6 is 0 Å². The van der Waals surface area contributed by atoms with Crippen molar-refractivity contribution in [3.63, 3.8) is 0 Å². The van der Waals surface area contributed by atoms with Gasteiger partial charge in [0.2, 0.25) is 5.91 Å². The van der Waals surface area contributed by atoms with E-state index in [9.17, 15) is 4.79 Å². The van der Waals surface area contributed by atoms with Gasteiger partial charge in [0, 0.05) is 25.3 Å². The van der Waals surface area contributed by atoms with E-state index in [1.54, 1.807) is 12.1 Å². The number of carbonyl (C=O) groups excluding carboxylic acids is 1. The van der Waals surface area contributed by atoms with Gasteiger partial charge in [-0.3, -0.25) is 4.79 Å². The zero-order valence-corrected chi connectivity index (χ0v) is 13.9. The molecule has 0 bridgehead atoms. The highest BCUT2D eigenvalue weighted by Crippen LogP contribution is 2.23. The maximum absolute atomic E-state index is 11.1. The van der Waals surface area contributed by atoms with Crippen LogP contribution in [0.5, 0.6) is 0 Å². The molecule has 6 heteroatoms. The van der Waals surface area contributed by atoms with E-state index in [0.717, 1.165) is 44.1 Å². The fourth-order valence-electron chi connectivity index (χ4n) is 2.53. The van der Waals surface area contributed by atoms with E-state index >= 15 is 0 Å². The van der Waals surface area contributed by atoms with Gasteiger partial charge < -0.3 is 21.1 Å². The smallest absolute Gasteiger partial charge is 0.248 e. The van der Waals surface area contributed by atoms with Crippen molar-refractivity contribution in [1.29, 1.82) is 0 Å². The summed E-state index contributed by atoms with van der Waals surface area (Å²) in [7, 11) is 0. The molecule has 1 unspecified atom stereocenters. The fraction of sp³-hybridized carbons (Fsp3) is 0.529. The number of amides is 1. The normalized spacial score (nSPS) is 21.2. The van der Waals surface area contributed by atoms with E-state index in [2.05, 4.69) is 22.5 Å². The number of hydrogen-bond donors (Lipinski definition) is 3. The molecular weight excluding hydrogens is 292 g/mol. The van der Waals surface area contributed by atoms with Crippen LogP contribution < -0.4 is 16.4 Å². The van der Waals surface area contributed by atoms with Crippen molar-refractivity contribution >= 4 is 11.9 Å². The van der Waals surface area contributed by atoms with Gasteiger partial charge in [0.25, 0.3) is 0 Å². The number of benzene rings is 1. The molecule has 1 aromatic rings. The van der Waals surface area contributed by atoms with Gasteiger partial charge in [-0.25, -0.2) is 4.99 Å². The Morgan fingerprint density at radius 3 is 2.65 bits per heavy atom. The number of rotatable bonds is 6. The van der Waals surface area contributed by atoms with Crippen molar-refractivity contribution in [1.82, 2.24) is 10.6 Å². The molecule has 6 nitrogen and oxygen atoms in total. The first-order chi connectivity index (χ1) is 11.0. The van der Waals surface area contributed by atoms with Crippen molar-refractivity contribution in [2.75, 3.05) is 19.7 Å². The highest BCUT2D eigenvalue weighted by molar-refractivity contribution is 5.92. The average molecular weight is 318 g/mol. The molecule has 1 aliphatic heterocycles. The summed E-state index contributed by atoms with van der Waals surface area (Å²) in [6.07, 6.45) is 2.17. The van der Waals surface area contributed by atoms with E-state index in [-0.39, 0.29) is 5.60 Å². The quantitative estimate of drug-likeness (QED) is 0.546. The molecule has 0 saturated carbocycles. The minimum Gasteiger partial charge on any atom is -0.373 e. The van der Waals surface area contributed by atoms with E-state index < -0.39 is 5.91 Å². The lowest BCUT2D eigenvalue weighted by atomic mass is 10.0. The van der Waals surface area contributed by atoms with Crippen LogP contribution in [0.1, 0.15) is 42.6 Å². The summed E-state index contributed by atoms with van der Waals surface area (Å²) in [5.41, 5.74) is 6.66. The first-order valence-corrected chi connectivity index (χ1v) is 8.07. The molecule has 0 radical (unpaired) electrons. The molecule has 0 aromatic heterocycles. The van der Waals surface area contributed by atoms with E-state index in [1.807, 2.05) is 19.1 Å². The van der Waals surface area contributed by atoms with Gasteiger partial charge in [-0.1, -0.05) is 12.1 Å². The van der Waals surface area contributed by atoms with E-state index in [4.69, 9.17) is 10.5 Å². The SMILES string of the molecule is CCNC(=NCc1ccc(C(N)=O)cc1)NCC1(C)CCCO1. The maximum atomic E-state index is 11.1. The first-order valence-electron chi connectivity index (χ1n) is 8.07. The Labute approximate surface area is 137 Å². The number of ether oxygens (including phenoxy) is 1. The minimum atomic E-state index is -0.417. The van der Waals surface area contributed by atoms with Crippen LogP contribution in [0.25, 0.3) is 0 Å². The van der Waals surface area contributed by atoms with Gasteiger partial charge in [-0.2, -0.15) is 0 Å². The van der Waals surface area contributed by atoms with Crippen LogP contribution in [0.15, 0.2) is 29.3 Å². The molecule has 2 rings (SSSR count). The van der Waals surface area contributed by atoms with Gasteiger partial charge in [-0.15, -0.1) is 0 Å². The summed E-state index contributed by atoms with van der Waals surface area (Å²) in [6.45, 7) is 7.05. The molecule has 1 heterocycles. The van der Waals surface area contributed by atoms with Gasteiger partial charge in [0.1, 0.15) is 0 Å². The zero-order chi connectivity index (χ0) is 16.7. The third-order valence-electron chi connectivity index (χ3n) is 3.93. The van der Waals surface area contributed by atoms with Crippen molar-refractivity contribution in [3.8, 4) is 0 Å². The standard InChI is InChI=1S/C17H26N4O2/c1-3-19-16(21-12-17(2)9-4-10-23-17)20-11-13-5-7-14(8-6-13)15(18)22/h5-8H,3-4,9-12H2,1-2H3,(H2,18,22)(H2,19,20,21). The summed E-state index contributed by atoms with van der Waals surface area (Å²) >= 11 is 0. The summed E-state index contributed by atoms with van der Waals surface area (Å²) in [5.74, 6) is 0.350. The van der Waals surface area contributed by atoms with Gasteiger partial charge in [0.15, 0.2) is 5.96 Å². The second-order valence-corrected chi connectivity index (χ2v) is 6.01. The number of hydrogen-bond acceptors (Lipinski definition) is 3. The molecule has 1 amide bonds. The summed E-state index contributed by atoms with van der Waals surface area (Å²) in [5, 5.41) is 6.58. The third-order valence-corrected chi connectivity index (χ3v) is 3.93. The van der Waals surface area contributed by atoms with Crippen LogP contribution in [0.2, 0.25) is 0 Å². The Morgan fingerprint density at radius 1 is 1.35 bits per heavy atom. The van der Waals surface area contributed by atoms with Crippen molar-refractivity contribution in [2.45, 2.75) is 38.8 Å². The molecule has 126 valence electrons. The predicted octanol–water partition coefficient (Wildman–Crippen LogP) is 1.41. The fourth-order valence-corrected chi connectivity index (χ4v) is 2.53. The highest BCUT2D eigenvalue weighted by Gasteiger charge is 2.29. The second kappa shape index (κ2) is 7.97. The highest BCUT2D eigenvalue weighted by atomic mass is 16.5. The lowest BCUT2D eigenvalue weighted by molar-refractivity contribution is 0.0243.